The minimum Gasteiger partial charge on any atom is -0.346 e. The van der Waals surface area contributed by atoms with Crippen LogP contribution in [-0.4, -0.2) is 15.8 Å². The van der Waals surface area contributed by atoms with Gasteiger partial charge in [-0.15, -0.1) is 0 Å². The second kappa shape index (κ2) is 5.06. The van der Waals surface area contributed by atoms with Crippen LogP contribution in [0.5, 0.6) is 0 Å². The number of rotatable bonds is 4. The molecule has 0 unspecified atom stereocenters. The van der Waals surface area contributed by atoms with Crippen LogP contribution in [-0.2, 0) is 13.0 Å². The van der Waals surface area contributed by atoms with Crippen molar-refractivity contribution in [3.63, 3.8) is 0 Å². The van der Waals surface area contributed by atoms with Gasteiger partial charge in [0.15, 0.2) is 6.29 Å². The molecule has 0 radical (unpaired) electrons. The lowest BCUT2D eigenvalue weighted by molar-refractivity contribution is 0.112. The first-order valence-corrected chi connectivity index (χ1v) is 6.30. The third-order valence-corrected chi connectivity index (χ3v) is 3.31. The van der Waals surface area contributed by atoms with E-state index >= 15 is 0 Å². The molecule has 0 aliphatic carbocycles. The van der Waals surface area contributed by atoms with Gasteiger partial charge in [-0.25, -0.2) is 0 Å². The second-order valence-electron chi connectivity index (χ2n) is 4.52. The molecule has 0 fully saturated rings. The molecule has 3 nitrogen and oxygen atoms in total. The fraction of sp³-hybridized carbons (Fsp3) is 0.125. The van der Waals surface area contributed by atoms with Crippen LogP contribution in [0.15, 0.2) is 55.0 Å². The Bertz CT molecular complexity index is 701. The van der Waals surface area contributed by atoms with Gasteiger partial charge in [-0.2, -0.15) is 0 Å². The summed E-state index contributed by atoms with van der Waals surface area (Å²) in [6.07, 6.45) is 7.41. The minimum atomic E-state index is 0.752. The lowest BCUT2D eigenvalue weighted by atomic mass is 10.2. The summed E-state index contributed by atoms with van der Waals surface area (Å²) in [5, 5.41) is 1.02. The zero-order valence-corrected chi connectivity index (χ0v) is 10.5. The van der Waals surface area contributed by atoms with Gasteiger partial charge in [-0.05, 0) is 24.1 Å². The maximum Gasteiger partial charge on any atom is 0.152 e. The van der Waals surface area contributed by atoms with Gasteiger partial charge >= 0.3 is 0 Å². The van der Waals surface area contributed by atoms with E-state index in [0.29, 0.717) is 0 Å². The molecule has 0 spiro atoms. The molecule has 1 aromatic carbocycles. The van der Waals surface area contributed by atoms with Gasteiger partial charge in [0.1, 0.15) is 0 Å². The Morgan fingerprint density at radius 3 is 2.84 bits per heavy atom. The van der Waals surface area contributed by atoms with Crippen molar-refractivity contribution < 1.29 is 4.79 Å². The molecule has 0 N–H and O–H groups in total. The Morgan fingerprint density at radius 2 is 2.05 bits per heavy atom. The standard InChI is InChI=1S/C16H14N2O/c19-12-14-11-18(16-6-2-1-5-15(14)16)9-7-13-4-3-8-17-10-13/h1-6,8,10-12H,7,9H2. The second-order valence-corrected chi connectivity index (χ2v) is 4.52. The molecule has 94 valence electrons. The third-order valence-electron chi connectivity index (χ3n) is 3.31. The fourth-order valence-electron chi connectivity index (χ4n) is 2.35. The molecule has 0 amide bonds. The highest BCUT2D eigenvalue weighted by Gasteiger charge is 2.06. The van der Waals surface area contributed by atoms with Crippen molar-refractivity contribution >= 4 is 17.2 Å². The molecule has 0 atom stereocenters. The maximum atomic E-state index is 11.1. The number of aromatic nitrogens is 2. The first-order valence-electron chi connectivity index (χ1n) is 6.30. The third kappa shape index (κ3) is 2.27. The maximum absolute atomic E-state index is 11.1. The average Bonchev–Trinajstić information content (AvgIpc) is 2.84. The normalized spacial score (nSPS) is 10.7. The highest BCUT2D eigenvalue weighted by atomic mass is 16.1. The molecule has 0 aliphatic rings. The summed E-state index contributed by atoms with van der Waals surface area (Å²) < 4.78 is 2.13. The number of aldehydes is 1. The van der Waals surface area contributed by atoms with Crippen molar-refractivity contribution in [3.05, 3.63) is 66.1 Å². The van der Waals surface area contributed by atoms with Crippen LogP contribution in [0.1, 0.15) is 15.9 Å². The summed E-state index contributed by atoms with van der Waals surface area (Å²) in [5.41, 5.74) is 3.06. The summed E-state index contributed by atoms with van der Waals surface area (Å²) in [5.74, 6) is 0. The molecule has 3 heteroatoms. The molecule has 2 aromatic heterocycles. The Morgan fingerprint density at radius 1 is 1.16 bits per heavy atom. The number of carbonyl (C=O) groups excluding carboxylic acids is 1. The zero-order valence-electron chi connectivity index (χ0n) is 10.5. The van der Waals surface area contributed by atoms with E-state index in [1.165, 1.54) is 5.56 Å². The molecule has 19 heavy (non-hydrogen) atoms. The van der Waals surface area contributed by atoms with Crippen molar-refractivity contribution in [2.45, 2.75) is 13.0 Å². The van der Waals surface area contributed by atoms with E-state index in [0.717, 1.165) is 35.7 Å². The van der Waals surface area contributed by atoms with Crippen molar-refractivity contribution in [3.8, 4) is 0 Å². The van der Waals surface area contributed by atoms with Crippen LogP contribution in [0.25, 0.3) is 10.9 Å². The lowest BCUT2D eigenvalue weighted by Crippen LogP contribution is -1.99. The van der Waals surface area contributed by atoms with Crippen LogP contribution in [0.3, 0.4) is 0 Å². The zero-order chi connectivity index (χ0) is 13.1. The first kappa shape index (κ1) is 11.7. The van der Waals surface area contributed by atoms with Crippen LogP contribution in [0.2, 0.25) is 0 Å². The van der Waals surface area contributed by atoms with E-state index in [1.54, 1.807) is 6.20 Å². The Hall–Kier alpha value is -2.42. The molecule has 0 aliphatic heterocycles. The molecule has 3 aromatic rings. The van der Waals surface area contributed by atoms with E-state index < -0.39 is 0 Å². The molecular weight excluding hydrogens is 236 g/mol. The van der Waals surface area contributed by atoms with Crippen LogP contribution < -0.4 is 0 Å². The number of hydrogen-bond acceptors (Lipinski definition) is 2. The van der Waals surface area contributed by atoms with Crippen molar-refractivity contribution in [1.29, 1.82) is 0 Å². The quantitative estimate of drug-likeness (QED) is 0.667. The lowest BCUT2D eigenvalue weighted by Gasteiger charge is -2.05. The summed E-state index contributed by atoms with van der Waals surface area (Å²) in [6.45, 7) is 0.847. The van der Waals surface area contributed by atoms with Gasteiger partial charge in [-0.3, -0.25) is 9.78 Å². The van der Waals surface area contributed by atoms with Crippen molar-refractivity contribution in [1.82, 2.24) is 9.55 Å². The largest absolute Gasteiger partial charge is 0.346 e. The number of hydrogen-bond donors (Lipinski definition) is 0. The highest BCUT2D eigenvalue weighted by Crippen LogP contribution is 2.20. The average molecular weight is 250 g/mol. The summed E-state index contributed by atoms with van der Waals surface area (Å²) in [7, 11) is 0. The monoisotopic (exact) mass is 250 g/mol. The van der Waals surface area contributed by atoms with Gasteiger partial charge in [0.05, 0.1) is 0 Å². The smallest absolute Gasteiger partial charge is 0.152 e. The van der Waals surface area contributed by atoms with E-state index in [-0.39, 0.29) is 0 Å². The first-order chi connectivity index (χ1) is 9.38. The molecule has 2 heterocycles. The van der Waals surface area contributed by atoms with Gasteiger partial charge < -0.3 is 4.57 Å². The number of pyridine rings is 1. The number of nitrogens with zero attached hydrogens (tertiary/aromatic N) is 2. The number of para-hydroxylation sites is 1. The number of fused-ring (bicyclic) bond motifs is 1. The van der Waals surface area contributed by atoms with Gasteiger partial charge in [0.25, 0.3) is 0 Å². The van der Waals surface area contributed by atoms with Gasteiger partial charge in [-0.1, -0.05) is 24.3 Å². The number of benzene rings is 1. The van der Waals surface area contributed by atoms with Crippen molar-refractivity contribution in [2.75, 3.05) is 0 Å². The van der Waals surface area contributed by atoms with E-state index in [4.69, 9.17) is 0 Å². The molecule has 3 rings (SSSR count). The Kier molecular flexibility index (Phi) is 3.11. The van der Waals surface area contributed by atoms with Crippen LogP contribution in [0, 0.1) is 0 Å². The predicted octanol–water partition coefficient (Wildman–Crippen LogP) is 3.09. The topological polar surface area (TPSA) is 34.9 Å². The Balaban J connectivity index is 1.91. The summed E-state index contributed by atoms with van der Waals surface area (Å²) >= 11 is 0. The van der Waals surface area contributed by atoms with E-state index in [9.17, 15) is 4.79 Å². The van der Waals surface area contributed by atoms with E-state index in [1.807, 2.05) is 42.7 Å². The molecular formula is C16H14N2O. The van der Waals surface area contributed by atoms with Gasteiger partial charge in [0.2, 0.25) is 0 Å². The number of carbonyl (C=O) groups is 1. The minimum absolute atomic E-state index is 0.752. The molecule has 0 bridgehead atoms. The van der Waals surface area contributed by atoms with Gasteiger partial charge in [0, 0.05) is 41.6 Å². The fourth-order valence-corrected chi connectivity index (χ4v) is 2.35. The Labute approximate surface area is 111 Å². The molecule has 0 saturated heterocycles. The predicted molar refractivity (Wildman–Crippen MR) is 75.3 cm³/mol. The summed E-state index contributed by atoms with van der Waals surface area (Å²) in [6, 6.07) is 12.0. The summed E-state index contributed by atoms with van der Waals surface area (Å²) in [4.78, 5) is 15.2. The van der Waals surface area contributed by atoms with E-state index in [2.05, 4.69) is 15.6 Å². The number of aryl methyl sites for hydroxylation is 2. The molecule has 0 saturated carbocycles. The highest BCUT2D eigenvalue weighted by molar-refractivity contribution is 5.97. The van der Waals surface area contributed by atoms with Crippen LogP contribution >= 0.6 is 0 Å². The SMILES string of the molecule is O=Cc1cn(CCc2cccnc2)c2ccccc12. The van der Waals surface area contributed by atoms with Crippen LogP contribution in [0.4, 0.5) is 0 Å². The van der Waals surface area contributed by atoms with Crippen molar-refractivity contribution in [2.24, 2.45) is 0 Å².